The third-order valence-corrected chi connectivity index (χ3v) is 3.18. The number of phosphoric acid groups is 2. The maximum absolute atomic E-state index is 10.6. The van der Waals surface area contributed by atoms with E-state index in [1.54, 1.807) is 0 Å². The molecule has 1 N–H and O–H groups in total. The first-order valence-corrected chi connectivity index (χ1v) is 6.54. The first kappa shape index (κ1) is 15.0. The maximum atomic E-state index is 10.6. The van der Waals surface area contributed by atoms with Crippen molar-refractivity contribution in [3.8, 4) is 0 Å². The smallest absolute Gasteiger partial charge is 0.272 e. The molecule has 0 saturated carbocycles. The molecule has 0 spiro atoms. The SMILES string of the molecule is CC(=CCOP(=O)([O-])OP(=O)([O-])[O-])CO. The molecule has 1 unspecified atom stereocenters. The zero-order valence-corrected chi connectivity index (χ0v) is 9.48. The summed E-state index contributed by atoms with van der Waals surface area (Å²) in [5.41, 5.74) is 0.419. The van der Waals surface area contributed by atoms with Crippen LogP contribution in [0.3, 0.4) is 0 Å². The first-order chi connectivity index (χ1) is 6.66. The van der Waals surface area contributed by atoms with E-state index >= 15 is 0 Å². The molecule has 0 aromatic heterocycles. The summed E-state index contributed by atoms with van der Waals surface area (Å²) in [6, 6.07) is 0. The molecule has 0 aromatic rings. The highest BCUT2D eigenvalue weighted by molar-refractivity contribution is 7.58. The van der Waals surface area contributed by atoms with Gasteiger partial charge in [0.15, 0.2) is 0 Å². The van der Waals surface area contributed by atoms with Gasteiger partial charge in [-0.3, -0.25) is 8.88 Å². The van der Waals surface area contributed by atoms with Gasteiger partial charge in [-0.25, -0.2) is 0 Å². The van der Waals surface area contributed by atoms with E-state index in [1.165, 1.54) is 13.0 Å². The Bertz CT molecular complexity index is 317. The molecule has 10 heteroatoms. The summed E-state index contributed by atoms with van der Waals surface area (Å²) in [6.45, 7) is 0.675. The van der Waals surface area contributed by atoms with Crippen LogP contribution in [0.4, 0.5) is 0 Å². The first-order valence-electron chi connectivity index (χ1n) is 3.62. The molecule has 0 aliphatic heterocycles. The molecule has 0 rings (SSSR count). The molecule has 0 bridgehead atoms. The lowest BCUT2D eigenvalue weighted by Gasteiger charge is -2.34. The van der Waals surface area contributed by atoms with Crippen LogP contribution in [0.15, 0.2) is 11.6 Å². The highest BCUT2D eigenvalue weighted by atomic mass is 31.3. The van der Waals surface area contributed by atoms with Crippen LogP contribution < -0.4 is 14.7 Å². The van der Waals surface area contributed by atoms with E-state index in [0.29, 0.717) is 5.57 Å². The number of aliphatic hydroxyl groups excluding tert-OH is 1. The molecule has 0 saturated heterocycles. The van der Waals surface area contributed by atoms with E-state index in [9.17, 15) is 23.8 Å². The van der Waals surface area contributed by atoms with Crippen LogP contribution in [-0.4, -0.2) is 18.3 Å². The van der Waals surface area contributed by atoms with Crippen LogP contribution in [0.5, 0.6) is 0 Å². The predicted molar refractivity (Wildman–Crippen MR) is 43.1 cm³/mol. The van der Waals surface area contributed by atoms with Crippen molar-refractivity contribution in [1.82, 2.24) is 0 Å². The Labute approximate surface area is 86.0 Å². The minimum Gasteiger partial charge on any atom is -0.790 e. The standard InChI is InChI=1S/C5H12O8P2/c1-5(4-6)2-3-12-15(10,11)13-14(7,8)9/h2,6H,3-4H2,1H3,(H,10,11)(H2,7,8,9)/p-3. The Hall–Kier alpha value is -0.0400. The van der Waals surface area contributed by atoms with Crippen LogP contribution in [0, 0.1) is 0 Å². The predicted octanol–water partition coefficient (Wildman–Crippen LogP) is -1.74. The quantitative estimate of drug-likeness (QED) is 0.437. The Balaban J connectivity index is 4.18. The van der Waals surface area contributed by atoms with Crippen molar-refractivity contribution in [2.75, 3.05) is 13.2 Å². The molecule has 0 aliphatic carbocycles. The largest absolute Gasteiger partial charge is 0.790 e. The highest BCUT2D eigenvalue weighted by Gasteiger charge is 2.10. The van der Waals surface area contributed by atoms with Gasteiger partial charge in [0, 0.05) is 0 Å². The molecule has 8 nitrogen and oxygen atoms in total. The monoisotopic (exact) mass is 259 g/mol. The van der Waals surface area contributed by atoms with Crippen molar-refractivity contribution in [3.63, 3.8) is 0 Å². The van der Waals surface area contributed by atoms with Crippen molar-refractivity contribution in [2.45, 2.75) is 6.92 Å². The molecule has 0 radical (unpaired) electrons. The fourth-order valence-corrected chi connectivity index (χ4v) is 1.91. The van der Waals surface area contributed by atoms with E-state index < -0.39 is 22.3 Å². The van der Waals surface area contributed by atoms with Gasteiger partial charge in [0.2, 0.25) is 0 Å². The highest BCUT2D eigenvalue weighted by Crippen LogP contribution is 2.50. The second-order valence-corrected chi connectivity index (χ2v) is 5.18. The van der Waals surface area contributed by atoms with Gasteiger partial charge in [-0.05, 0) is 12.5 Å². The van der Waals surface area contributed by atoms with Gasteiger partial charge in [0.25, 0.3) is 7.82 Å². The summed E-state index contributed by atoms with van der Waals surface area (Å²) >= 11 is 0. The maximum Gasteiger partial charge on any atom is 0.272 e. The van der Waals surface area contributed by atoms with Crippen LogP contribution in [0.25, 0.3) is 0 Å². The Kier molecular flexibility index (Phi) is 5.87. The molecule has 0 aliphatic rings. The second-order valence-electron chi connectivity index (χ2n) is 2.48. The van der Waals surface area contributed by atoms with Gasteiger partial charge in [0.05, 0.1) is 21.0 Å². The van der Waals surface area contributed by atoms with Crippen molar-refractivity contribution in [2.24, 2.45) is 0 Å². The third kappa shape index (κ3) is 8.92. The number of aliphatic hydroxyl groups is 1. The average Bonchev–Trinajstić information content (AvgIpc) is 1.98. The lowest BCUT2D eigenvalue weighted by atomic mass is 10.3. The van der Waals surface area contributed by atoms with Gasteiger partial charge < -0.3 is 28.9 Å². The van der Waals surface area contributed by atoms with E-state index in [2.05, 4.69) is 8.83 Å². The Morgan fingerprint density at radius 3 is 2.33 bits per heavy atom. The lowest BCUT2D eigenvalue weighted by molar-refractivity contribution is -0.339. The van der Waals surface area contributed by atoms with Gasteiger partial charge in [0.1, 0.15) is 0 Å². The molecule has 0 heterocycles. The fourth-order valence-electron chi connectivity index (χ4n) is 0.481. The summed E-state index contributed by atoms with van der Waals surface area (Å²) in [6.07, 6.45) is 1.19. The van der Waals surface area contributed by atoms with E-state index in [4.69, 9.17) is 5.11 Å². The number of rotatable bonds is 6. The summed E-state index contributed by atoms with van der Waals surface area (Å²) in [7, 11) is -10.8. The van der Waals surface area contributed by atoms with E-state index in [0.717, 1.165) is 0 Å². The Morgan fingerprint density at radius 2 is 1.93 bits per heavy atom. The van der Waals surface area contributed by atoms with Crippen LogP contribution in [0.2, 0.25) is 0 Å². The molecule has 1 atom stereocenters. The zero-order chi connectivity index (χ0) is 12.1. The molecule has 15 heavy (non-hydrogen) atoms. The summed E-state index contributed by atoms with van der Waals surface area (Å²) in [5.74, 6) is 0. The fraction of sp³-hybridized carbons (Fsp3) is 0.600. The molecule has 0 fully saturated rings. The minimum absolute atomic E-state index is 0.297. The normalized spacial score (nSPS) is 17.5. The van der Waals surface area contributed by atoms with Gasteiger partial charge >= 0.3 is 0 Å². The topological polar surface area (TPSA) is 142 Å². The number of hydrogen-bond acceptors (Lipinski definition) is 8. The number of phosphoric ester groups is 1. The van der Waals surface area contributed by atoms with Gasteiger partial charge in [-0.15, -0.1) is 0 Å². The Morgan fingerprint density at radius 1 is 1.40 bits per heavy atom. The van der Waals surface area contributed by atoms with Crippen molar-refractivity contribution < 1.29 is 37.8 Å². The summed E-state index contributed by atoms with van der Waals surface area (Å²) in [4.78, 5) is 30.5. The van der Waals surface area contributed by atoms with Crippen LogP contribution >= 0.6 is 15.6 Å². The van der Waals surface area contributed by atoms with Crippen molar-refractivity contribution in [3.05, 3.63) is 11.6 Å². The zero-order valence-electron chi connectivity index (χ0n) is 7.69. The lowest BCUT2D eigenvalue weighted by Crippen LogP contribution is -2.19. The van der Waals surface area contributed by atoms with E-state index in [-0.39, 0.29) is 6.61 Å². The molecule has 90 valence electrons. The van der Waals surface area contributed by atoms with E-state index in [1.807, 2.05) is 0 Å². The average molecular weight is 259 g/mol. The van der Waals surface area contributed by atoms with Crippen molar-refractivity contribution >= 4 is 15.6 Å². The molecule has 0 amide bonds. The molecule has 0 aromatic carbocycles. The van der Waals surface area contributed by atoms with Crippen LogP contribution in [-0.2, 0) is 18.0 Å². The minimum atomic E-state index is -5.63. The summed E-state index contributed by atoms with van der Waals surface area (Å²) < 4.78 is 27.7. The molecular weight excluding hydrogens is 250 g/mol. The van der Waals surface area contributed by atoms with Crippen molar-refractivity contribution in [1.29, 1.82) is 0 Å². The van der Waals surface area contributed by atoms with Crippen LogP contribution in [0.1, 0.15) is 6.92 Å². The second kappa shape index (κ2) is 5.89. The third-order valence-electron chi connectivity index (χ3n) is 1.11. The van der Waals surface area contributed by atoms with Gasteiger partial charge in [-0.1, -0.05) is 6.08 Å². The van der Waals surface area contributed by atoms with Gasteiger partial charge in [-0.2, -0.15) is 0 Å². The molecular formula is C5H9O8P2-3. The summed E-state index contributed by atoms with van der Waals surface area (Å²) in [5, 5.41) is 8.50. The number of hydrogen-bond donors (Lipinski definition) is 1.